The molecule has 0 aliphatic carbocycles. The fraction of sp³-hybridized carbons (Fsp3) is 0.333. The molecule has 334 valence electrons. The van der Waals surface area contributed by atoms with E-state index in [4.69, 9.17) is 28.0 Å². The van der Waals surface area contributed by atoms with Gasteiger partial charge in [0.25, 0.3) is 8.53 Å². The number of urea groups is 1. The molecule has 2 aromatic heterocycles. The van der Waals surface area contributed by atoms with Gasteiger partial charge < -0.3 is 38.3 Å². The zero-order chi connectivity index (χ0) is 44.4. The summed E-state index contributed by atoms with van der Waals surface area (Å²) in [4.78, 5) is 37.8. The quantitative estimate of drug-likeness (QED) is 0.0787. The minimum absolute atomic E-state index is 0.0396. The average molecular weight is 910 g/mol. The molecule has 0 radical (unpaired) electrons. The van der Waals surface area contributed by atoms with Crippen molar-refractivity contribution in [2.24, 2.45) is 0 Å². The highest BCUT2D eigenvalue weighted by Crippen LogP contribution is 2.58. The summed E-state index contributed by atoms with van der Waals surface area (Å²) in [6, 6.07) is 32.9. The molecule has 6 atom stereocenters. The fourth-order valence-electron chi connectivity index (χ4n) is 8.76. The predicted octanol–water partition coefficient (Wildman–Crippen LogP) is 6.13. The molecule has 3 N–H and O–H groups in total. The Hall–Kier alpha value is -5.72. The van der Waals surface area contributed by atoms with Crippen molar-refractivity contribution in [2.75, 3.05) is 45.5 Å². The van der Waals surface area contributed by atoms with Crippen molar-refractivity contribution < 1.29 is 41.2 Å². The molecule has 19 heteroatoms. The summed E-state index contributed by atoms with van der Waals surface area (Å²) in [6.45, 7) is 0.629. The number of nitrogens with zero attached hydrogens (tertiary/aromatic N) is 4. The van der Waals surface area contributed by atoms with Gasteiger partial charge in [0, 0.05) is 26.1 Å². The highest BCUT2D eigenvalue weighted by atomic mass is 32.2. The first-order chi connectivity index (χ1) is 31.1. The molecule has 0 bridgehead atoms. The Morgan fingerprint density at radius 3 is 2.17 bits per heavy atom. The van der Waals surface area contributed by atoms with Crippen LogP contribution in [0.4, 0.5) is 10.6 Å². The number of aromatic amines is 1. The molecule has 3 saturated heterocycles. The summed E-state index contributed by atoms with van der Waals surface area (Å²) in [6.07, 6.45) is -0.0255. The number of hydrogen-bond donors (Lipinski definition) is 3. The monoisotopic (exact) mass is 909 g/mol. The van der Waals surface area contributed by atoms with Crippen LogP contribution in [0.25, 0.3) is 11.2 Å². The van der Waals surface area contributed by atoms with Crippen LogP contribution >= 0.6 is 8.53 Å². The zero-order valence-electron chi connectivity index (χ0n) is 35.3. The summed E-state index contributed by atoms with van der Waals surface area (Å²) in [7, 11) is -0.751. The van der Waals surface area contributed by atoms with Crippen LogP contribution in [0.1, 0.15) is 42.2 Å². The van der Waals surface area contributed by atoms with Gasteiger partial charge in [-0.2, -0.15) is 0 Å². The number of fused-ring (bicyclic) bond motifs is 2. The molecule has 2 amide bonds. The van der Waals surface area contributed by atoms with Crippen LogP contribution in [0, 0.1) is 0 Å². The molecule has 17 nitrogen and oxygen atoms in total. The van der Waals surface area contributed by atoms with Crippen LogP contribution < -0.4 is 25.8 Å². The lowest BCUT2D eigenvalue weighted by atomic mass is 9.80. The number of methoxy groups -OCH3 is 2. The normalized spacial score (nSPS) is 22.4. The highest BCUT2D eigenvalue weighted by Gasteiger charge is 2.51. The summed E-state index contributed by atoms with van der Waals surface area (Å²) in [5.74, 6) is 1.26. The van der Waals surface area contributed by atoms with Gasteiger partial charge in [-0.1, -0.05) is 72.8 Å². The third-order valence-electron chi connectivity index (χ3n) is 11.9. The van der Waals surface area contributed by atoms with E-state index < -0.39 is 60.2 Å². The average Bonchev–Trinajstić information content (AvgIpc) is 4.12. The van der Waals surface area contributed by atoms with Gasteiger partial charge in [0.2, 0.25) is 0 Å². The fourth-order valence-corrected chi connectivity index (χ4v) is 12.3. The van der Waals surface area contributed by atoms with Gasteiger partial charge in [-0.15, -0.1) is 0 Å². The molecule has 3 fully saturated rings. The molecule has 0 saturated carbocycles. The van der Waals surface area contributed by atoms with Crippen molar-refractivity contribution in [2.45, 2.75) is 60.3 Å². The number of anilines is 1. The molecule has 64 heavy (non-hydrogen) atoms. The van der Waals surface area contributed by atoms with Crippen molar-refractivity contribution in [3.05, 3.63) is 143 Å². The second-order valence-electron chi connectivity index (χ2n) is 15.6. The smallest absolute Gasteiger partial charge is 0.329 e. The Labute approximate surface area is 370 Å². The minimum Gasteiger partial charge on any atom is -0.497 e. The first kappa shape index (κ1) is 43.5. The van der Waals surface area contributed by atoms with E-state index in [9.17, 15) is 18.0 Å². The van der Waals surface area contributed by atoms with Crippen LogP contribution in [-0.4, -0.2) is 103 Å². The van der Waals surface area contributed by atoms with Gasteiger partial charge in [0.05, 0.1) is 43.7 Å². The maximum atomic E-state index is 13.9. The first-order valence-corrected chi connectivity index (χ1v) is 23.7. The van der Waals surface area contributed by atoms with Gasteiger partial charge >= 0.3 is 11.7 Å². The Balaban J connectivity index is 1.09. The summed E-state index contributed by atoms with van der Waals surface area (Å²) in [5.41, 5.74) is 1.13. The number of nitrogens with one attached hydrogen (secondary N) is 3. The van der Waals surface area contributed by atoms with Crippen molar-refractivity contribution >= 4 is 41.4 Å². The van der Waals surface area contributed by atoms with Gasteiger partial charge in [0.15, 0.2) is 21.3 Å². The van der Waals surface area contributed by atoms with E-state index in [0.717, 1.165) is 29.5 Å². The van der Waals surface area contributed by atoms with E-state index in [2.05, 4.69) is 30.3 Å². The second-order valence-corrected chi connectivity index (χ2v) is 19.0. The number of carbonyl (C=O) groups is 1. The number of ether oxygens (including phenoxy) is 4. The van der Waals surface area contributed by atoms with Crippen molar-refractivity contribution in [3.8, 4) is 11.5 Å². The number of sulfone groups is 1. The Bertz CT molecular complexity index is 2700. The van der Waals surface area contributed by atoms with Crippen LogP contribution in [0.15, 0.2) is 125 Å². The van der Waals surface area contributed by atoms with E-state index in [1.807, 2.05) is 78.9 Å². The molecule has 6 aromatic rings. The van der Waals surface area contributed by atoms with Crippen LogP contribution in [0.5, 0.6) is 11.5 Å². The number of H-pyrrole nitrogens is 1. The molecular formula is C45H48N7O10PS. The van der Waals surface area contributed by atoms with Crippen LogP contribution in [-0.2, 0) is 34.0 Å². The molecule has 4 aromatic carbocycles. The van der Waals surface area contributed by atoms with Crippen molar-refractivity contribution in [1.82, 2.24) is 29.5 Å². The number of rotatable bonds is 15. The standard InChI is InChI=1S/C45H48N7O10PS/c1-46-43(53)50-41-40-42(48-28-47-41)52(44(54)49-40)39-25-36(61-63-51-24-10-15-35(51)38(62-63)27-64(55,56)34-13-8-5-9-14-34)37(60-39)26-59-45(29-11-6-4-7-12-29,30-16-20-32(57-2)21-17-30)31-18-22-33(58-3)23-19-31/h4-9,11-14,16-23,28,35-39H,10,15,24-27H2,1-3H3,(H,49,54)(H2,46,47,48,50,53)/t35-,36-,37+,38+,39+,63-/m0/s1. The number of carbonyl (C=O) groups excluding carboxylic acids is 1. The largest absolute Gasteiger partial charge is 0.497 e. The summed E-state index contributed by atoms with van der Waals surface area (Å²) < 4.78 is 69.6. The van der Waals surface area contributed by atoms with Crippen LogP contribution in [0.2, 0.25) is 0 Å². The van der Waals surface area contributed by atoms with Gasteiger partial charge in [-0.25, -0.2) is 37.2 Å². The maximum Gasteiger partial charge on any atom is 0.329 e. The number of benzene rings is 4. The topological polar surface area (TPSA) is 197 Å². The predicted molar refractivity (Wildman–Crippen MR) is 238 cm³/mol. The van der Waals surface area contributed by atoms with Gasteiger partial charge in [0.1, 0.15) is 41.3 Å². The molecular weight excluding hydrogens is 862 g/mol. The number of hydrogen-bond acceptors (Lipinski definition) is 13. The van der Waals surface area contributed by atoms with E-state index in [-0.39, 0.29) is 46.7 Å². The van der Waals surface area contributed by atoms with Crippen molar-refractivity contribution in [3.63, 3.8) is 0 Å². The van der Waals surface area contributed by atoms with E-state index in [1.54, 1.807) is 44.6 Å². The van der Waals surface area contributed by atoms with Gasteiger partial charge in [-0.05, 0) is 65.9 Å². The molecule has 0 unspecified atom stereocenters. The number of amides is 2. The lowest BCUT2D eigenvalue weighted by Crippen LogP contribution is -2.38. The summed E-state index contributed by atoms with van der Waals surface area (Å²) in [5, 5.41) is 5.12. The third kappa shape index (κ3) is 8.38. The Morgan fingerprint density at radius 2 is 1.53 bits per heavy atom. The van der Waals surface area contributed by atoms with E-state index in [0.29, 0.717) is 18.0 Å². The third-order valence-corrected chi connectivity index (χ3v) is 15.5. The lowest BCUT2D eigenvalue weighted by molar-refractivity contribution is -0.0911. The Kier molecular flexibility index (Phi) is 12.5. The number of imidazole rings is 1. The molecule has 0 spiro atoms. The van der Waals surface area contributed by atoms with Crippen LogP contribution in [0.3, 0.4) is 0 Å². The molecule has 3 aliphatic heterocycles. The summed E-state index contributed by atoms with van der Waals surface area (Å²) >= 11 is 0. The lowest BCUT2D eigenvalue weighted by Gasteiger charge is -2.37. The Morgan fingerprint density at radius 1 is 0.891 bits per heavy atom. The van der Waals surface area contributed by atoms with E-state index in [1.165, 1.54) is 17.9 Å². The second kappa shape index (κ2) is 18.4. The highest BCUT2D eigenvalue weighted by molar-refractivity contribution is 7.91. The molecule has 3 aliphatic rings. The minimum atomic E-state index is -3.67. The maximum absolute atomic E-state index is 13.9. The van der Waals surface area contributed by atoms with Crippen molar-refractivity contribution in [1.29, 1.82) is 0 Å². The van der Waals surface area contributed by atoms with Gasteiger partial charge in [-0.3, -0.25) is 5.32 Å². The first-order valence-electron chi connectivity index (χ1n) is 20.9. The number of aromatic nitrogens is 4. The van der Waals surface area contributed by atoms with E-state index >= 15 is 0 Å². The molecule has 9 rings (SSSR count). The SMILES string of the molecule is CNC(=O)Nc1ncnc2c1[nH]c(=O)n2[C@H]1C[C@H](O[P@@]2O[C@H](CS(=O)(=O)c3ccccc3)[C@@H]3CCCN32)[C@@H](COC(c2ccccc2)(c2ccc(OC)cc2)c2ccc(OC)cc2)O1. The zero-order valence-corrected chi connectivity index (χ0v) is 37.0. The molecule has 5 heterocycles.